The van der Waals surface area contributed by atoms with E-state index in [0.29, 0.717) is 12.0 Å². The number of carbonyl (C=O) groups excluding carboxylic acids is 1. The van der Waals surface area contributed by atoms with Gasteiger partial charge in [-0.1, -0.05) is 72.1 Å². The van der Waals surface area contributed by atoms with Gasteiger partial charge in [-0.05, 0) is 50.1 Å². The van der Waals surface area contributed by atoms with Gasteiger partial charge in [0.05, 0.1) is 0 Å². The number of hydrogen-bond donors (Lipinski definition) is 0. The zero-order valence-electron chi connectivity index (χ0n) is 18.2. The van der Waals surface area contributed by atoms with Gasteiger partial charge >= 0.3 is 0 Å². The Bertz CT molecular complexity index is 1090. The maximum absolute atomic E-state index is 13.8. The highest BCUT2D eigenvalue weighted by Crippen LogP contribution is 2.53. The van der Waals surface area contributed by atoms with Crippen LogP contribution in [-0.2, 0) is 0 Å². The Kier molecular flexibility index (Phi) is 4.54. The topological polar surface area (TPSA) is 20.3 Å². The molecule has 5 rings (SSSR count). The Hall–Kier alpha value is -2.87. The molecule has 0 spiro atoms. The molecule has 1 fully saturated rings. The third-order valence-corrected chi connectivity index (χ3v) is 7.11. The molecule has 2 heterocycles. The molecule has 1 saturated heterocycles. The maximum atomic E-state index is 13.8. The molecule has 2 heteroatoms. The highest BCUT2D eigenvalue weighted by Gasteiger charge is 2.52. The van der Waals surface area contributed by atoms with E-state index in [2.05, 4.69) is 99.3 Å². The second-order valence-electron chi connectivity index (χ2n) is 9.27. The first kappa shape index (κ1) is 19.1. The van der Waals surface area contributed by atoms with E-state index in [1.807, 2.05) is 0 Å². The molecule has 3 aromatic rings. The molecule has 0 bridgehead atoms. The van der Waals surface area contributed by atoms with E-state index < -0.39 is 0 Å². The van der Waals surface area contributed by atoms with Crippen molar-refractivity contribution >= 4 is 11.5 Å². The van der Waals surface area contributed by atoms with Crippen LogP contribution in [0.1, 0.15) is 56.9 Å². The first-order valence-corrected chi connectivity index (χ1v) is 11.0. The molecule has 2 nitrogen and oxygen atoms in total. The summed E-state index contributed by atoms with van der Waals surface area (Å²) in [6, 6.07) is 24.2. The summed E-state index contributed by atoms with van der Waals surface area (Å²) in [7, 11) is 0. The molecule has 152 valence electrons. The van der Waals surface area contributed by atoms with Crippen molar-refractivity contribution in [2.24, 2.45) is 5.92 Å². The highest BCUT2D eigenvalue weighted by molar-refractivity contribution is 6.00. The largest absolute Gasteiger partial charge is 0.366 e. The first-order chi connectivity index (χ1) is 14.4. The summed E-state index contributed by atoms with van der Waals surface area (Å²) in [6.45, 7) is 9.39. The summed E-state index contributed by atoms with van der Waals surface area (Å²) >= 11 is 0. The number of hydrogen-bond acceptors (Lipinski definition) is 2. The van der Waals surface area contributed by atoms with Crippen molar-refractivity contribution in [2.75, 3.05) is 11.4 Å². The van der Waals surface area contributed by atoms with Gasteiger partial charge in [0.2, 0.25) is 0 Å². The number of ketones is 1. The van der Waals surface area contributed by atoms with Crippen molar-refractivity contribution in [3.63, 3.8) is 0 Å². The van der Waals surface area contributed by atoms with Crippen LogP contribution in [0, 0.1) is 26.7 Å². The van der Waals surface area contributed by atoms with Gasteiger partial charge in [-0.2, -0.15) is 0 Å². The second-order valence-corrected chi connectivity index (χ2v) is 9.27. The molecule has 0 amide bonds. The van der Waals surface area contributed by atoms with Crippen molar-refractivity contribution in [3.8, 4) is 0 Å². The van der Waals surface area contributed by atoms with Gasteiger partial charge in [0, 0.05) is 41.6 Å². The number of aryl methyl sites for hydroxylation is 3. The van der Waals surface area contributed by atoms with Crippen molar-refractivity contribution in [1.82, 2.24) is 0 Å². The number of fused-ring (bicyclic) bond motifs is 3. The summed E-state index contributed by atoms with van der Waals surface area (Å²) in [5, 5.41) is 0. The Morgan fingerprint density at radius 3 is 2.23 bits per heavy atom. The van der Waals surface area contributed by atoms with Gasteiger partial charge in [0.15, 0.2) is 5.78 Å². The monoisotopic (exact) mass is 395 g/mol. The molecular formula is C28H29NO. The summed E-state index contributed by atoms with van der Waals surface area (Å²) < 4.78 is 0. The van der Waals surface area contributed by atoms with Crippen LogP contribution in [0.3, 0.4) is 0 Å². The van der Waals surface area contributed by atoms with E-state index in [1.165, 1.54) is 22.4 Å². The van der Waals surface area contributed by atoms with Crippen LogP contribution in [-0.4, -0.2) is 18.4 Å². The predicted molar refractivity (Wildman–Crippen MR) is 124 cm³/mol. The number of carbonyl (C=O) groups is 1. The van der Waals surface area contributed by atoms with Gasteiger partial charge in [0.25, 0.3) is 0 Å². The average molecular weight is 396 g/mol. The van der Waals surface area contributed by atoms with E-state index in [4.69, 9.17) is 0 Å². The van der Waals surface area contributed by atoms with E-state index in [0.717, 1.165) is 23.2 Å². The van der Waals surface area contributed by atoms with Gasteiger partial charge in [-0.15, -0.1) is 0 Å². The number of Topliss-reactive ketones (excluding diaryl/α,β-unsaturated/α-hetero) is 1. The minimum Gasteiger partial charge on any atom is -0.366 e. The average Bonchev–Trinajstić information content (AvgIpc) is 3.24. The molecule has 2 unspecified atom stereocenters. The van der Waals surface area contributed by atoms with Crippen LogP contribution in [0.5, 0.6) is 0 Å². The number of rotatable bonds is 3. The number of anilines is 1. The zero-order valence-corrected chi connectivity index (χ0v) is 18.2. The minimum absolute atomic E-state index is 0.0327. The lowest BCUT2D eigenvalue weighted by atomic mass is 9.76. The molecule has 0 aliphatic carbocycles. The van der Waals surface area contributed by atoms with Crippen LogP contribution in [0.4, 0.5) is 5.69 Å². The van der Waals surface area contributed by atoms with Crippen LogP contribution < -0.4 is 4.90 Å². The van der Waals surface area contributed by atoms with E-state index in [9.17, 15) is 4.79 Å². The number of benzene rings is 3. The lowest BCUT2D eigenvalue weighted by Gasteiger charge is -2.27. The molecule has 0 N–H and O–H groups in total. The Morgan fingerprint density at radius 1 is 0.867 bits per heavy atom. The summed E-state index contributed by atoms with van der Waals surface area (Å²) in [4.78, 5) is 16.3. The molecule has 0 aromatic heterocycles. The molecule has 0 radical (unpaired) electrons. The fourth-order valence-corrected chi connectivity index (χ4v) is 5.83. The minimum atomic E-state index is -0.0327. The van der Waals surface area contributed by atoms with E-state index in [-0.39, 0.29) is 17.6 Å². The lowest BCUT2D eigenvalue weighted by molar-refractivity contribution is 0.0917. The maximum Gasteiger partial charge on any atom is 0.168 e. The van der Waals surface area contributed by atoms with Crippen molar-refractivity contribution in [1.29, 1.82) is 0 Å². The fraction of sp³-hybridized carbons (Fsp3) is 0.321. The van der Waals surface area contributed by atoms with Crippen molar-refractivity contribution in [2.45, 2.75) is 45.6 Å². The molecule has 0 saturated carbocycles. The van der Waals surface area contributed by atoms with Crippen LogP contribution >= 0.6 is 0 Å². The quantitative estimate of drug-likeness (QED) is 0.492. The summed E-state index contributed by atoms with van der Waals surface area (Å²) in [5.74, 6) is 0.854. The standard InChI is InChI=1S/C28H29NO/c1-17-9-11-21(12-10-17)26-24(28(30)22-14-18(2)13-19(3)15-22)16-29-25-8-6-5-7-23(25)20(4)27(26)29/h5-15,20,24,26-27H,16H2,1-4H3/t20?,24-,26-,27?/m0/s1. The lowest BCUT2D eigenvalue weighted by Crippen LogP contribution is -2.30. The van der Waals surface area contributed by atoms with Crippen LogP contribution in [0.15, 0.2) is 66.7 Å². The molecule has 4 atom stereocenters. The zero-order chi connectivity index (χ0) is 21.0. The summed E-state index contributed by atoms with van der Waals surface area (Å²) in [5.41, 5.74) is 8.44. The predicted octanol–water partition coefficient (Wildman–Crippen LogP) is 6.20. The van der Waals surface area contributed by atoms with E-state index in [1.54, 1.807) is 0 Å². The smallest absolute Gasteiger partial charge is 0.168 e. The van der Waals surface area contributed by atoms with Gasteiger partial charge < -0.3 is 4.90 Å². The van der Waals surface area contributed by atoms with Gasteiger partial charge in [0.1, 0.15) is 0 Å². The van der Waals surface area contributed by atoms with Gasteiger partial charge in [-0.25, -0.2) is 0 Å². The Morgan fingerprint density at radius 2 is 1.53 bits per heavy atom. The Balaban J connectivity index is 1.61. The van der Waals surface area contributed by atoms with Crippen LogP contribution in [0.2, 0.25) is 0 Å². The summed E-state index contributed by atoms with van der Waals surface area (Å²) in [6.07, 6.45) is 0. The first-order valence-electron chi connectivity index (χ1n) is 11.0. The SMILES string of the molecule is Cc1ccc([C@@H]2C3C(C)c4ccccc4N3C[C@@H]2C(=O)c2cc(C)cc(C)c2)cc1. The number of para-hydroxylation sites is 1. The van der Waals surface area contributed by atoms with E-state index >= 15 is 0 Å². The van der Waals surface area contributed by atoms with Crippen LogP contribution in [0.25, 0.3) is 0 Å². The normalized spacial score (nSPS) is 24.6. The fourth-order valence-electron chi connectivity index (χ4n) is 5.83. The van der Waals surface area contributed by atoms with Gasteiger partial charge in [-0.3, -0.25) is 4.79 Å². The Labute approximate surface area is 179 Å². The van der Waals surface area contributed by atoms with Crippen molar-refractivity contribution < 1.29 is 4.79 Å². The van der Waals surface area contributed by atoms with Crippen molar-refractivity contribution in [3.05, 3.63) is 100 Å². The molecule has 30 heavy (non-hydrogen) atoms. The molecule has 2 aliphatic heterocycles. The molecular weight excluding hydrogens is 366 g/mol. The highest BCUT2D eigenvalue weighted by atomic mass is 16.1. The third kappa shape index (κ3) is 2.98. The number of nitrogens with zero attached hydrogens (tertiary/aromatic N) is 1. The third-order valence-electron chi connectivity index (χ3n) is 7.11. The second kappa shape index (κ2) is 7.12. The molecule has 2 aliphatic rings. The molecule has 3 aromatic carbocycles.